The van der Waals surface area contributed by atoms with Crippen molar-refractivity contribution in [1.29, 1.82) is 0 Å². The summed E-state index contributed by atoms with van der Waals surface area (Å²) in [6, 6.07) is 9.44. The van der Waals surface area contributed by atoms with Crippen LogP contribution in [0.25, 0.3) is 0 Å². The second-order valence-corrected chi connectivity index (χ2v) is 7.18. The minimum absolute atomic E-state index is 0.0333. The van der Waals surface area contributed by atoms with Crippen molar-refractivity contribution in [3.05, 3.63) is 62.3 Å². The van der Waals surface area contributed by atoms with Crippen molar-refractivity contribution in [2.24, 2.45) is 16.8 Å². The fourth-order valence-corrected chi connectivity index (χ4v) is 3.54. The van der Waals surface area contributed by atoms with Gasteiger partial charge in [0.1, 0.15) is 5.56 Å². The van der Waals surface area contributed by atoms with Gasteiger partial charge in [0.05, 0.1) is 12.6 Å². The number of hydrogen-bond donors (Lipinski definition) is 2. The highest BCUT2D eigenvalue weighted by Crippen LogP contribution is 2.31. The summed E-state index contributed by atoms with van der Waals surface area (Å²) in [4.78, 5) is 31.1. The third-order valence-electron chi connectivity index (χ3n) is 5.45. The molecule has 0 unspecified atom stereocenters. The number of hydrogen-bond acceptors (Lipinski definition) is 4. The zero-order valence-electron chi connectivity index (χ0n) is 15.2. The molecule has 1 saturated carbocycles. The Morgan fingerprint density at radius 2 is 1.96 bits per heavy atom. The number of aromatic amines is 1. The van der Waals surface area contributed by atoms with Gasteiger partial charge in [-0.3, -0.25) is 19.3 Å². The van der Waals surface area contributed by atoms with E-state index in [-0.39, 0.29) is 24.0 Å². The Balaban J connectivity index is 1.92. The predicted molar refractivity (Wildman–Crippen MR) is 102 cm³/mol. The zero-order chi connectivity index (χ0) is 18.7. The summed E-state index contributed by atoms with van der Waals surface area (Å²) in [7, 11) is 0. The van der Waals surface area contributed by atoms with Crippen LogP contribution in [0.2, 0.25) is 0 Å². The number of rotatable bonds is 4. The molecule has 138 valence electrons. The number of nitrogens with one attached hydrogen (secondary N) is 1. The molecule has 0 spiro atoms. The van der Waals surface area contributed by atoms with E-state index in [9.17, 15) is 14.7 Å². The summed E-state index contributed by atoms with van der Waals surface area (Å²) in [6.45, 7) is 4.57. The van der Waals surface area contributed by atoms with Crippen LogP contribution in [-0.4, -0.2) is 26.9 Å². The van der Waals surface area contributed by atoms with Crippen LogP contribution in [0.1, 0.15) is 44.2 Å². The molecule has 3 atom stereocenters. The van der Waals surface area contributed by atoms with Crippen molar-refractivity contribution >= 4 is 6.21 Å². The van der Waals surface area contributed by atoms with E-state index in [0.29, 0.717) is 11.8 Å². The van der Waals surface area contributed by atoms with E-state index in [0.717, 1.165) is 23.0 Å². The molecule has 1 heterocycles. The molecular weight excluding hydrogens is 330 g/mol. The van der Waals surface area contributed by atoms with Crippen LogP contribution in [0.3, 0.4) is 0 Å². The normalized spacial score (nSPS) is 23.4. The molecule has 0 aliphatic heterocycles. The maximum atomic E-state index is 12.2. The van der Waals surface area contributed by atoms with Gasteiger partial charge in [0.2, 0.25) is 5.88 Å². The van der Waals surface area contributed by atoms with Crippen molar-refractivity contribution in [1.82, 2.24) is 9.55 Å². The molecule has 6 heteroatoms. The average molecular weight is 355 g/mol. The van der Waals surface area contributed by atoms with E-state index in [1.54, 1.807) is 0 Å². The lowest BCUT2D eigenvalue weighted by Gasteiger charge is -2.31. The van der Waals surface area contributed by atoms with Crippen LogP contribution >= 0.6 is 0 Å². The van der Waals surface area contributed by atoms with Crippen LogP contribution in [-0.2, 0) is 6.54 Å². The molecule has 26 heavy (non-hydrogen) atoms. The first kappa shape index (κ1) is 18.2. The third-order valence-corrected chi connectivity index (χ3v) is 5.45. The molecule has 1 aromatic carbocycles. The molecule has 1 aliphatic rings. The number of H-pyrrole nitrogens is 1. The molecule has 6 nitrogen and oxygen atoms in total. The SMILES string of the molecule is C[C@H]1[C@H](C)CCC[C@@H]1N=Cc1c(O)n(Cc2ccccc2)c(=O)[nH]c1=O. The van der Waals surface area contributed by atoms with Crippen molar-refractivity contribution < 1.29 is 5.11 Å². The second kappa shape index (κ2) is 7.72. The van der Waals surface area contributed by atoms with Crippen molar-refractivity contribution in [2.45, 2.75) is 45.7 Å². The number of aromatic hydroxyl groups is 1. The van der Waals surface area contributed by atoms with Gasteiger partial charge in [0.15, 0.2) is 0 Å². The molecule has 0 saturated heterocycles. The van der Waals surface area contributed by atoms with Crippen molar-refractivity contribution in [3.63, 3.8) is 0 Å². The summed E-state index contributed by atoms with van der Waals surface area (Å²) in [5.41, 5.74) is -0.356. The molecule has 1 aromatic heterocycles. The highest BCUT2D eigenvalue weighted by atomic mass is 16.3. The first-order valence-corrected chi connectivity index (χ1v) is 9.10. The van der Waals surface area contributed by atoms with E-state index >= 15 is 0 Å². The standard InChI is InChI=1S/C20H25N3O3/c1-13-7-6-10-17(14(13)2)21-11-16-18(24)22-20(26)23(19(16)25)12-15-8-4-3-5-9-15/h3-5,8-9,11,13-14,17,25H,6-7,10,12H2,1-2H3,(H,22,24,26)/t13-,14+,17+/m1/s1. The molecule has 0 amide bonds. The van der Waals surface area contributed by atoms with E-state index in [4.69, 9.17) is 0 Å². The smallest absolute Gasteiger partial charge is 0.331 e. The van der Waals surface area contributed by atoms with Gasteiger partial charge in [0.25, 0.3) is 5.56 Å². The Labute approximate surface area is 152 Å². The van der Waals surface area contributed by atoms with Gasteiger partial charge >= 0.3 is 5.69 Å². The Hall–Kier alpha value is -2.63. The fraction of sp³-hybridized carbons (Fsp3) is 0.450. The van der Waals surface area contributed by atoms with Crippen molar-refractivity contribution in [3.8, 4) is 5.88 Å². The summed E-state index contributed by atoms with van der Waals surface area (Å²) in [6.07, 6.45) is 4.71. The maximum absolute atomic E-state index is 12.2. The van der Waals surface area contributed by atoms with E-state index in [2.05, 4.69) is 23.8 Å². The Morgan fingerprint density at radius 3 is 2.69 bits per heavy atom. The number of nitrogens with zero attached hydrogens (tertiary/aromatic N) is 2. The van der Waals surface area contributed by atoms with Gasteiger partial charge in [0, 0.05) is 6.21 Å². The molecule has 0 radical (unpaired) electrons. The number of aliphatic imine (C=N–C) groups is 1. The van der Waals surface area contributed by atoms with Crippen molar-refractivity contribution in [2.75, 3.05) is 0 Å². The first-order chi connectivity index (χ1) is 12.5. The van der Waals surface area contributed by atoms with Gasteiger partial charge in [-0.1, -0.05) is 57.0 Å². The third kappa shape index (κ3) is 3.79. The van der Waals surface area contributed by atoms with Gasteiger partial charge < -0.3 is 5.11 Å². The monoisotopic (exact) mass is 355 g/mol. The molecule has 3 rings (SSSR count). The average Bonchev–Trinajstić information content (AvgIpc) is 2.62. The molecular formula is C20H25N3O3. The first-order valence-electron chi connectivity index (χ1n) is 9.10. The largest absolute Gasteiger partial charge is 0.494 e. The van der Waals surface area contributed by atoms with Crippen LogP contribution in [0, 0.1) is 11.8 Å². The maximum Gasteiger partial charge on any atom is 0.331 e. The van der Waals surface area contributed by atoms with Gasteiger partial charge in [-0.2, -0.15) is 0 Å². The summed E-state index contributed by atoms with van der Waals surface area (Å²) >= 11 is 0. The topological polar surface area (TPSA) is 87.4 Å². The fourth-order valence-electron chi connectivity index (χ4n) is 3.54. The van der Waals surface area contributed by atoms with Gasteiger partial charge in [-0.25, -0.2) is 4.79 Å². The van der Waals surface area contributed by atoms with Crippen LogP contribution < -0.4 is 11.2 Å². The van der Waals surface area contributed by atoms with Gasteiger partial charge in [-0.15, -0.1) is 0 Å². The molecule has 2 N–H and O–H groups in total. The summed E-state index contributed by atoms with van der Waals surface area (Å²) in [5.74, 6) is 0.670. The van der Waals surface area contributed by atoms with E-state index < -0.39 is 11.2 Å². The van der Waals surface area contributed by atoms with Crippen LogP contribution in [0.4, 0.5) is 0 Å². The lowest BCUT2D eigenvalue weighted by atomic mass is 9.78. The molecule has 2 aromatic rings. The lowest BCUT2D eigenvalue weighted by Crippen LogP contribution is -2.33. The zero-order valence-corrected chi connectivity index (χ0v) is 15.2. The Morgan fingerprint density at radius 1 is 1.23 bits per heavy atom. The Kier molecular flexibility index (Phi) is 5.40. The van der Waals surface area contributed by atoms with Crippen LogP contribution in [0.5, 0.6) is 5.88 Å². The summed E-state index contributed by atoms with van der Waals surface area (Å²) < 4.78 is 1.16. The van der Waals surface area contributed by atoms with Gasteiger partial charge in [-0.05, 0) is 23.8 Å². The Bertz CT molecular complexity index is 899. The number of benzene rings is 1. The highest BCUT2D eigenvalue weighted by molar-refractivity contribution is 5.82. The molecule has 1 aliphatic carbocycles. The molecule has 1 fully saturated rings. The predicted octanol–water partition coefficient (Wildman–Crippen LogP) is 2.53. The minimum Gasteiger partial charge on any atom is -0.494 e. The summed E-state index contributed by atoms with van der Waals surface area (Å²) in [5, 5.41) is 10.5. The van der Waals surface area contributed by atoms with Crippen LogP contribution in [0.15, 0.2) is 44.9 Å². The minimum atomic E-state index is -0.631. The van der Waals surface area contributed by atoms with E-state index in [1.165, 1.54) is 12.6 Å². The lowest BCUT2D eigenvalue weighted by molar-refractivity contribution is 0.242. The second-order valence-electron chi connectivity index (χ2n) is 7.18. The quantitative estimate of drug-likeness (QED) is 0.826. The molecule has 0 bridgehead atoms. The van der Waals surface area contributed by atoms with E-state index in [1.807, 2.05) is 30.3 Å². The number of aromatic nitrogens is 2. The highest BCUT2D eigenvalue weighted by Gasteiger charge is 2.26.